The van der Waals surface area contributed by atoms with Crippen LogP contribution in [0.25, 0.3) is 0 Å². The molecule has 0 radical (unpaired) electrons. The summed E-state index contributed by atoms with van der Waals surface area (Å²) in [4.78, 5) is 16.9. The predicted octanol–water partition coefficient (Wildman–Crippen LogP) is 4.07. The number of sulfonamides is 1. The van der Waals surface area contributed by atoms with Crippen LogP contribution in [0.15, 0.2) is 58.8 Å². The number of hydrogen-bond donors (Lipinski definition) is 2. The molecule has 1 fully saturated rings. The zero-order valence-electron chi connectivity index (χ0n) is 15.7. The second-order valence-electron chi connectivity index (χ2n) is 6.75. The van der Waals surface area contributed by atoms with Gasteiger partial charge in [-0.15, -0.1) is 11.3 Å². The van der Waals surface area contributed by atoms with Crippen molar-refractivity contribution in [2.45, 2.75) is 30.4 Å². The number of carbonyl (C=O) groups is 1. The lowest BCUT2D eigenvalue weighted by Gasteiger charge is -2.08. The molecule has 1 heterocycles. The Kier molecular flexibility index (Phi) is 6.05. The molecule has 4 rings (SSSR count). The molecule has 156 valence electrons. The van der Waals surface area contributed by atoms with Gasteiger partial charge in [0.2, 0.25) is 10.0 Å². The van der Waals surface area contributed by atoms with Gasteiger partial charge in [-0.05, 0) is 55.3 Å². The summed E-state index contributed by atoms with van der Waals surface area (Å²) in [5.41, 5.74) is 0.615. The van der Waals surface area contributed by atoms with Crippen LogP contribution in [0.4, 0.5) is 5.69 Å². The minimum atomic E-state index is -3.59. The number of nitrogens with zero attached hydrogens (tertiary/aromatic N) is 1. The maximum absolute atomic E-state index is 12.5. The molecule has 1 aromatic heterocycles. The zero-order chi connectivity index (χ0) is 21.1. The molecule has 1 aliphatic rings. The molecule has 0 unspecified atom stereocenters. The highest BCUT2D eigenvalue weighted by Gasteiger charge is 2.28. The van der Waals surface area contributed by atoms with Gasteiger partial charge in [0.05, 0.1) is 4.90 Å². The van der Waals surface area contributed by atoms with E-state index in [9.17, 15) is 13.2 Å². The molecule has 3 aromatic rings. The van der Waals surface area contributed by atoms with E-state index in [4.69, 9.17) is 16.3 Å². The summed E-state index contributed by atoms with van der Waals surface area (Å²) in [6.45, 7) is 0.222. The summed E-state index contributed by atoms with van der Waals surface area (Å²) in [5, 5.41) is 5.58. The number of halogens is 1. The Hall–Kier alpha value is -2.46. The van der Waals surface area contributed by atoms with E-state index >= 15 is 0 Å². The maximum atomic E-state index is 12.5. The van der Waals surface area contributed by atoms with Gasteiger partial charge in [-0.2, -0.15) is 0 Å². The van der Waals surface area contributed by atoms with Crippen LogP contribution in [0.1, 0.15) is 28.3 Å². The Bertz CT molecular complexity index is 1160. The van der Waals surface area contributed by atoms with Crippen LogP contribution >= 0.6 is 22.9 Å². The molecule has 1 saturated carbocycles. The van der Waals surface area contributed by atoms with Crippen LogP contribution in [-0.4, -0.2) is 25.4 Å². The second kappa shape index (κ2) is 8.73. The fourth-order valence-corrected chi connectivity index (χ4v) is 4.74. The summed E-state index contributed by atoms with van der Waals surface area (Å²) < 4.78 is 32.9. The molecule has 30 heavy (non-hydrogen) atoms. The Morgan fingerprint density at radius 2 is 1.97 bits per heavy atom. The molecular weight excluding hydrogens is 446 g/mol. The third kappa shape index (κ3) is 5.37. The minimum Gasteiger partial charge on any atom is -0.486 e. The zero-order valence-corrected chi connectivity index (χ0v) is 18.1. The number of hydrogen-bond acceptors (Lipinski definition) is 6. The summed E-state index contributed by atoms with van der Waals surface area (Å²) >= 11 is 7.15. The van der Waals surface area contributed by atoms with E-state index in [0.29, 0.717) is 21.5 Å². The molecule has 2 N–H and O–H groups in total. The molecule has 1 amide bonds. The SMILES string of the molecule is O=C(Nc1cccc(S(=O)(=O)NC2CC2)c1)c1csc(COc2ccc(Cl)cc2)n1. The first-order chi connectivity index (χ1) is 14.4. The number of aromatic nitrogens is 1. The van der Waals surface area contributed by atoms with Gasteiger partial charge >= 0.3 is 0 Å². The second-order valence-corrected chi connectivity index (χ2v) is 9.84. The van der Waals surface area contributed by atoms with Gasteiger partial charge in [-0.25, -0.2) is 18.1 Å². The topological polar surface area (TPSA) is 97.4 Å². The first kappa shape index (κ1) is 20.8. The van der Waals surface area contributed by atoms with Crippen molar-refractivity contribution >= 4 is 44.6 Å². The molecule has 7 nitrogen and oxygen atoms in total. The molecule has 0 bridgehead atoms. The van der Waals surface area contributed by atoms with Crippen molar-refractivity contribution < 1.29 is 17.9 Å². The molecule has 0 spiro atoms. The van der Waals surface area contributed by atoms with Crippen molar-refractivity contribution in [2.24, 2.45) is 0 Å². The number of ether oxygens (including phenoxy) is 1. The fraction of sp³-hybridized carbons (Fsp3) is 0.200. The van der Waals surface area contributed by atoms with Crippen LogP contribution in [0, 0.1) is 0 Å². The van der Waals surface area contributed by atoms with E-state index in [1.54, 1.807) is 41.8 Å². The summed E-state index contributed by atoms with van der Waals surface area (Å²) in [6.07, 6.45) is 1.70. The van der Waals surface area contributed by atoms with Gasteiger partial charge in [-0.1, -0.05) is 17.7 Å². The normalized spacial score (nSPS) is 13.8. The van der Waals surface area contributed by atoms with Gasteiger partial charge < -0.3 is 10.1 Å². The van der Waals surface area contributed by atoms with Crippen LogP contribution in [-0.2, 0) is 16.6 Å². The van der Waals surface area contributed by atoms with E-state index in [2.05, 4.69) is 15.0 Å². The first-order valence-corrected chi connectivity index (χ1v) is 11.9. The molecule has 10 heteroatoms. The van der Waals surface area contributed by atoms with E-state index < -0.39 is 15.9 Å². The average Bonchev–Trinajstić information content (AvgIpc) is 3.39. The average molecular weight is 464 g/mol. The Labute approximate surface area is 183 Å². The quantitative estimate of drug-likeness (QED) is 0.524. The van der Waals surface area contributed by atoms with Crippen LogP contribution in [0.2, 0.25) is 5.02 Å². The lowest BCUT2D eigenvalue weighted by Crippen LogP contribution is -2.25. The van der Waals surface area contributed by atoms with Crippen molar-refractivity contribution in [2.75, 3.05) is 5.32 Å². The summed E-state index contributed by atoms with van der Waals surface area (Å²) in [5.74, 6) is 0.229. The number of rotatable bonds is 8. The van der Waals surface area contributed by atoms with E-state index in [0.717, 1.165) is 12.8 Å². The molecular formula is C20H18ClN3O4S2. The number of anilines is 1. The molecule has 1 aliphatic carbocycles. The van der Waals surface area contributed by atoms with Crippen molar-refractivity contribution in [3.63, 3.8) is 0 Å². The van der Waals surface area contributed by atoms with Crippen molar-refractivity contribution in [3.05, 3.63) is 69.6 Å². The smallest absolute Gasteiger partial charge is 0.275 e. The van der Waals surface area contributed by atoms with Gasteiger partial charge in [0.1, 0.15) is 23.1 Å². The fourth-order valence-electron chi connectivity index (χ4n) is 2.58. The van der Waals surface area contributed by atoms with Crippen LogP contribution in [0.5, 0.6) is 5.75 Å². The lowest BCUT2D eigenvalue weighted by molar-refractivity contribution is 0.102. The number of amides is 1. The standard InChI is InChI=1S/C20H18ClN3O4S2/c21-13-4-8-16(9-5-13)28-11-19-23-18(12-29-19)20(25)22-15-2-1-3-17(10-15)30(26,27)24-14-6-7-14/h1-5,8-10,12,14,24H,6-7,11H2,(H,22,25). The summed E-state index contributed by atoms with van der Waals surface area (Å²) in [6, 6.07) is 13.1. The van der Waals surface area contributed by atoms with E-state index in [1.807, 2.05) is 0 Å². The monoisotopic (exact) mass is 463 g/mol. The Balaban J connectivity index is 1.38. The van der Waals surface area contributed by atoms with Crippen molar-refractivity contribution in [3.8, 4) is 5.75 Å². The Morgan fingerprint density at radius 1 is 1.20 bits per heavy atom. The van der Waals surface area contributed by atoms with E-state index in [-0.39, 0.29) is 23.2 Å². The maximum Gasteiger partial charge on any atom is 0.275 e. The van der Waals surface area contributed by atoms with Crippen molar-refractivity contribution in [1.82, 2.24) is 9.71 Å². The summed E-state index contributed by atoms with van der Waals surface area (Å²) in [7, 11) is -3.59. The van der Waals surface area contributed by atoms with Crippen LogP contribution < -0.4 is 14.8 Å². The number of nitrogens with one attached hydrogen (secondary N) is 2. The molecule has 0 aliphatic heterocycles. The first-order valence-electron chi connectivity index (χ1n) is 9.15. The predicted molar refractivity (Wildman–Crippen MR) is 116 cm³/mol. The molecule has 0 saturated heterocycles. The van der Waals surface area contributed by atoms with Gasteiger partial charge in [0.25, 0.3) is 5.91 Å². The highest BCUT2D eigenvalue weighted by Crippen LogP contribution is 2.24. The Morgan fingerprint density at radius 3 is 2.70 bits per heavy atom. The number of carbonyl (C=O) groups excluding carboxylic acids is 1. The molecule has 0 atom stereocenters. The van der Waals surface area contributed by atoms with Gasteiger partial charge in [0.15, 0.2) is 0 Å². The van der Waals surface area contributed by atoms with Gasteiger partial charge in [0, 0.05) is 22.1 Å². The highest BCUT2D eigenvalue weighted by molar-refractivity contribution is 7.89. The number of thiazole rings is 1. The van der Waals surface area contributed by atoms with Crippen molar-refractivity contribution in [1.29, 1.82) is 0 Å². The third-order valence-corrected chi connectivity index (χ3v) is 6.85. The molecule has 2 aromatic carbocycles. The largest absolute Gasteiger partial charge is 0.486 e. The minimum absolute atomic E-state index is 0.0109. The van der Waals surface area contributed by atoms with Gasteiger partial charge in [-0.3, -0.25) is 4.79 Å². The lowest BCUT2D eigenvalue weighted by atomic mass is 10.3. The van der Waals surface area contributed by atoms with Crippen LogP contribution in [0.3, 0.4) is 0 Å². The number of benzene rings is 2. The highest BCUT2D eigenvalue weighted by atomic mass is 35.5. The third-order valence-electron chi connectivity index (χ3n) is 4.26. The van der Waals surface area contributed by atoms with E-state index in [1.165, 1.54) is 23.5 Å².